The van der Waals surface area contributed by atoms with Gasteiger partial charge in [-0.15, -0.1) is 0 Å². The Morgan fingerprint density at radius 2 is 1.77 bits per heavy atom. The maximum Gasteiger partial charge on any atom is 0.282 e. The van der Waals surface area contributed by atoms with Crippen LogP contribution < -0.4 is 18.9 Å². The van der Waals surface area contributed by atoms with E-state index in [2.05, 4.69) is 4.98 Å². The summed E-state index contributed by atoms with van der Waals surface area (Å²) in [6.45, 7) is 0. The fourth-order valence-electron chi connectivity index (χ4n) is 2.85. The Morgan fingerprint density at radius 1 is 1.09 bits per heavy atom. The van der Waals surface area contributed by atoms with E-state index in [0.29, 0.717) is 28.4 Å². The number of methoxy groups -OCH3 is 2. The molecule has 2 aromatic rings. The SMILES string of the molecule is COc1cc2nc(OC3CCCCC3)c[n+]([O-])c2cc1OC. The molecule has 1 aromatic carbocycles. The van der Waals surface area contributed by atoms with Gasteiger partial charge in [-0.1, -0.05) is 6.42 Å². The number of nitrogens with zero attached hydrogens (tertiary/aromatic N) is 2. The Morgan fingerprint density at radius 3 is 2.45 bits per heavy atom. The molecule has 0 amide bonds. The monoisotopic (exact) mass is 304 g/mol. The molecule has 1 aliphatic rings. The van der Waals surface area contributed by atoms with Crippen LogP contribution in [-0.4, -0.2) is 25.3 Å². The molecule has 1 aromatic heterocycles. The van der Waals surface area contributed by atoms with Crippen molar-refractivity contribution in [3.8, 4) is 17.4 Å². The van der Waals surface area contributed by atoms with Gasteiger partial charge in [-0.05, 0) is 25.7 Å². The van der Waals surface area contributed by atoms with E-state index in [4.69, 9.17) is 14.2 Å². The molecule has 1 saturated carbocycles. The first kappa shape index (κ1) is 14.7. The molecule has 0 aliphatic heterocycles. The number of rotatable bonds is 4. The maximum absolute atomic E-state index is 12.2. The molecule has 3 rings (SSSR count). The minimum absolute atomic E-state index is 0.152. The zero-order valence-corrected chi connectivity index (χ0v) is 12.9. The summed E-state index contributed by atoms with van der Waals surface area (Å²) in [5.41, 5.74) is 0.953. The average molecular weight is 304 g/mol. The molecule has 0 saturated heterocycles. The van der Waals surface area contributed by atoms with Crippen LogP contribution in [0, 0.1) is 5.21 Å². The Kier molecular flexibility index (Phi) is 4.18. The van der Waals surface area contributed by atoms with Gasteiger partial charge < -0.3 is 19.4 Å². The number of ether oxygens (including phenoxy) is 3. The van der Waals surface area contributed by atoms with E-state index in [0.717, 1.165) is 17.6 Å². The quantitative estimate of drug-likeness (QED) is 0.641. The summed E-state index contributed by atoms with van der Waals surface area (Å²) in [5.74, 6) is 1.40. The van der Waals surface area contributed by atoms with E-state index in [1.807, 2.05) is 0 Å². The first-order chi connectivity index (χ1) is 10.7. The van der Waals surface area contributed by atoms with Crippen molar-refractivity contribution in [1.29, 1.82) is 0 Å². The summed E-state index contributed by atoms with van der Waals surface area (Å²) in [5, 5.41) is 12.2. The van der Waals surface area contributed by atoms with Gasteiger partial charge in [-0.25, -0.2) is 4.98 Å². The van der Waals surface area contributed by atoms with Crippen molar-refractivity contribution in [2.45, 2.75) is 38.2 Å². The van der Waals surface area contributed by atoms with Crippen LogP contribution >= 0.6 is 0 Å². The van der Waals surface area contributed by atoms with Gasteiger partial charge in [-0.3, -0.25) is 0 Å². The van der Waals surface area contributed by atoms with Crippen LogP contribution in [0.5, 0.6) is 17.4 Å². The summed E-state index contributed by atoms with van der Waals surface area (Å²) in [7, 11) is 3.09. The van der Waals surface area contributed by atoms with Crippen molar-refractivity contribution in [3.05, 3.63) is 23.5 Å². The molecule has 6 nitrogen and oxygen atoms in total. The molecule has 1 aliphatic carbocycles. The first-order valence-corrected chi connectivity index (χ1v) is 7.54. The van der Waals surface area contributed by atoms with Crippen molar-refractivity contribution < 1.29 is 18.9 Å². The van der Waals surface area contributed by atoms with Crippen molar-refractivity contribution in [2.75, 3.05) is 14.2 Å². The second-order valence-corrected chi connectivity index (χ2v) is 5.48. The largest absolute Gasteiger partial charge is 0.618 e. The van der Waals surface area contributed by atoms with Crippen LogP contribution in [0.3, 0.4) is 0 Å². The molecule has 0 N–H and O–H groups in total. The van der Waals surface area contributed by atoms with Crippen LogP contribution in [-0.2, 0) is 0 Å². The minimum atomic E-state index is 0.152. The average Bonchev–Trinajstić information content (AvgIpc) is 2.54. The van der Waals surface area contributed by atoms with Crippen molar-refractivity contribution in [1.82, 2.24) is 4.98 Å². The summed E-state index contributed by atoms with van der Waals surface area (Å²) in [6, 6.07) is 3.31. The van der Waals surface area contributed by atoms with Crippen LogP contribution in [0.2, 0.25) is 0 Å². The Balaban J connectivity index is 1.96. The molecule has 0 atom stereocenters. The number of hydrogen-bond acceptors (Lipinski definition) is 5. The number of benzene rings is 1. The molecule has 0 radical (unpaired) electrons. The Bertz CT molecular complexity index is 669. The van der Waals surface area contributed by atoms with Crippen molar-refractivity contribution in [2.24, 2.45) is 0 Å². The van der Waals surface area contributed by atoms with E-state index < -0.39 is 0 Å². The summed E-state index contributed by atoms with van der Waals surface area (Å²) >= 11 is 0. The number of aromatic nitrogens is 2. The summed E-state index contributed by atoms with van der Waals surface area (Å²) < 4.78 is 17.1. The highest BCUT2D eigenvalue weighted by molar-refractivity contribution is 5.76. The molecule has 1 fully saturated rings. The third kappa shape index (κ3) is 2.86. The minimum Gasteiger partial charge on any atom is -0.618 e. The topological polar surface area (TPSA) is 67.5 Å². The van der Waals surface area contributed by atoms with Crippen LogP contribution in [0.4, 0.5) is 0 Å². The fourth-order valence-corrected chi connectivity index (χ4v) is 2.85. The van der Waals surface area contributed by atoms with E-state index in [1.165, 1.54) is 32.6 Å². The molecule has 6 heteroatoms. The van der Waals surface area contributed by atoms with Gasteiger partial charge in [0.05, 0.1) is 20.3 Å². The lowest BCUT2D eigenvalue weighted by Gasteiger charge is -2.22. The Labute approximate surface area is 129 Å². The van der Waals surface area contributed by atoms with Crippen molar-refractivity contribution in [3.63, 3.8) is 0 Å². The van der Waals surface area contributed by atoms with Gasteiger partial charge in [-0.2, -0.15) is 4.73 Å². The smallest absolute Gasteiger partial charge is 0.282 e. The van der Waals surface area contributed by atoms with Gasteiger partial charge >= 0.3 is 0 Å². The van der Waals surface area contributed by atoms with E-state index >= 15 is 0 Å². The lowest BCUT2D eigenvalue weighted by Crippen LogP contribution is -2.29. The fraction of sp³-hybridized carbons (Fsp3) is 0.500. The van der Waals surface area contributed by atoms with Gasteiger partial charge in [0, 0.05) is 6.07 Å². The highest BCUT2D eigenvalue weighted by Gasteiger charge is 2.19. The molecule has 0 bridgehead atoms. The lowest BCUT2D eigenvalue weighted by molar-refractivity contribution is -0.578. The van der Waals surface area contributed by atoms with Gasteiger partial charge in [0.25, 0.3) is 5.88 Å². The van der Waals surface area contributed by atoms with Gasteiger partial charge in [0.2, 0.25) is 11.7 Å². The highest BCUT2D eigenvalue weighted by Crippen LogP contribution is 2.31. The molecule has 118 valence electrons. The molecular formula is C16H20N2O4. The molecule has 22 heavy (non-hydrogen) atoms. The van der Waals surface area contributed by atoms with E-state index in [9.17, 15) is 5.21 Å². The second-order valence-electron chi connectivity index (χ2n) is 5.48. The summed E-state index contributed by atoms with van der Waals surface area (Å²) in [6.07, 6.45) is 7.15. The highest BCUT2D eigenvalue weighted by atomic mass is 16.5. The molecule has 1 heterocycles. The lowest BCUT2D eigenvalue weighted by atomic mass is 9.98. The molecule has 0 spiro atoms. The van der Waals surface area contributed by atoms with E-state index in [1.54, 1.807) is 19.2 Å². The van der Waals surface area contributed by atoms with Gasteiger partial charge in [0.1, 0.15) is 11.6 Å². The van der Waals surface area contributed by atoms with Crippen LogP contribution in [0.25, 0.3) is 11.0 Å². The summed E-state index contributed by atoms with van der Waals surface area (Å²) in [4.78, 5) is 4.44. The number of hydrogen-bond donors (Lipinski definition) is 0. The predicted molar refractivity (Wildman–Crippen MR) is 81.3 cm³/mol. The normalized spacial score (nSPS) is 15.7. The Hall–Kier alpha value is -2.24. The number of fused-ring (bicyclic) bond motifs is 1. The predicted octanol–water partition coefficient (Wildman–Crippen LogP) is 2.60. The van der Waals surface area contributed by atoms with Crippen LogP contribution in [0.1, 0.15) is 32.1 Å². The van der Waals surface area contributed by atoms with E-state index in [-0.39, 0.29) is 6.10 Å². The third-order valence-corrected chi connectivity index (χ3v) is 4.02. The third-order valence-electron chi connectivity index (χ3n) is 4.02. The molecule has 0 unspecified atom stereocenters. The zero-order chi connectivity index (χ0) is 15.5. The second kappa shape index (κ2) is 6.25. The van der Waals surface area contributed by atoms with Gasteiger partial charge in [0.15, 0.2) is 11.5 Å². The van der Waals surface area contributed by atoms with Crippen LogP contribution in [0.15, 0.2) is 18.3 Å². The first-order valence-electron chi connectivity index (χ1n) is 7.54. The standard InChI is InChI=1S/C16H20N2O4/c1-20-14-8-12-13(9-15(14)21-2)18(19)10-16(17-12)22-11-6-4-3-5-7-11/h8-11H,3-7H2,1-2H3. The maximum atomic E-state index is 12.2. The molecular weight excluding hydrogens is 284 g/mol. The zero-order valence-electron chi connectivity index (χ0n) is 12.9. The van der Waals surface area contributed by atoms with Crippen molar-refractivity contribution >= 4 is 11.0 Å².